The molecule has 0 nitrogen and oxygen atoms in total. The van der Waals surface area contributed by atoms with Crippen LogP contribution in [0.2, 0.25) is 0 Å². The molecular weight excluding hydrogens is 350 g/mol. The Hall–Kier alpha value is 1.46. The fourth-order valence-corrected chi connectivity index (χ4v) is 1.13. The van der Waals surface area contributed by atoms with Gasteiger partial charge in [-0.25, -0.2) is 0 Å². The molecule has 0 aromatic heterocycles. The molecule has 1 aliphatic carbocycles. The third-order valence-electron chi connectivity index (χ3n) is 1.64. The van der Waals surface area contributed by atoms with Crippen LogP contribution in [0.4, 0.5) is 0 Å². The maximum atomic E-state index is 2.34. The summed E-state index contributed by atoms with van der Waals surface area (Å²) in [5, 5.41) is 0. The summed E-state index contributed by atoms with van der Waals surface area (Å²) in [5.41, 5.74) is 0. The van der Waals surface area contributed by atoms with Crippen molar-refractivity contribution in [2.75, 3.05) is 0 Å². The molecule has 0 bridgehead atoms. The molecule has 0 aliphatic heterocycles. The Morgan fingerprint density at radius 2 is 1.30 bits per heavy atom. The Morgan fingerprint density at radius 1 is 1.00 bits per heavy atom. The van der Waals surface area contributed by atoms with Crippen LogP contribution in [-0.4, -0.2) is 0 Å². The molecule has 0 aromatic rings. The fraction of sp³-hybridized carbons (Fsp3) is 1.00. The summed E-state index contributed by atoms with van der Waals surface area (Å²) in [7, 11) is 0. The molecule has 0 aromatic carbocycles. The van der Waals surface area contributed by atoms with E-state index in [2.05, 4.69) is 44.2 Å². The second-order valence-corrected chi connectivity index (χ2v) is 2.39. The van der Waals surface area contributed by atoms with E-state index in [1.165, 1.54) is 25.7 Å². The monoisotopic (exact) mass is 368 g/mol. The van der Waals surface area contributed by atoms with Crippen LogP contribution in [0.15, 0.2) is 0 Å². The largest absolute Gasteiger partial charge is 0.0683 e. The van der Waals surface area contributed by atoms with Crippen molar-refractivity contribution in [2.45, 2.75) is 46.5 Å². The zero-order valence-electron chi connectivity index (χ0n) is 7.16. The van der Waals surface area contributed by atoms with Gasteiger partial charge >= 0.3 is 0 Å². The predicted molar refractivity (Wildman–Crippen MR) is 67.0 cm³/mol. The smallest absolute Gasteiger partial charge is 0 e. The van der Waals surface area contributed by atoms with Gasteiger partial charge in [-0.05, 0) is 5.92 Å². The maximum Gasteiger partial charge on any atom is 0 e. The molecule has 0 heterocycles. The van der Waals surface area contributed by atoms with Crippen LogP contribution in [0.3, 0.4) is 0 Å². The van der Waals surface area contributed by atoms with Gasteiger partial charge in [-0.2, -0.15) is 0 Å². The van der Waals surface area contributed by atoms with Crippen LogP contribution >= 0.6 is 37.2 Å². The molecule has 0 atom stereocenters. The lowest BCUT2D eigenvalue weighted by atomic mass is 10.2. The molecule has 0 spiro atoms. The summed E-state index contributed by atoms with van der Waals surface area (Å²) in [4.78, 5) is 0. The number of halogens is 2. The molecule has 0 saturated heterocycles. The standard InChI is InChI=1S/C6H12.C2H6.I2/c1-6-4-2-3-5-6;2*1-2/h6H,2-5H2,1H3;1-2H3;. The Morgan fingerprint density at radius 3 is 1.40 bits per heavy atom. The van der Waals surface area contributed by atoms with Crippen LogP contribution < -0.4 is 0 Å². The lowest BCUT2D eigenvalue weighted by Crippen LogP contribution is -1.78. The molecule has 2 heteroatoms. The van der Waals surface area contributed by atoms with Crippen LogP contribution in [0.1, 0.15) is 46.5 Å². The average Bonchev–Trinajstić information content (AvgIpc) is 2.48. The highest BCUT2D eigenvalue weighted by Gasteiger charge is 2.07. The van der Waals surface area contributed by atoms with Crippen molar-refractivity contribution in [2.24, 2.45) is 5.92 Å². The topological polar surface area (TPSA) is 0 Å². The van der Waals surface area contributed by atoms with Crippen molar-refractivity contribution in [3.05, 3.63) is 0 Å². The van der Waals surface area contributed by atoms with E-state index in [1.807, 2.05) is 13.8 Å². The first-order valence-electron chi connectivity index (χ1n) is 4.04. The molecule has 0 unspecified atom stereocenters. The zero-order chi connectivity index (χ0) is 8.41. The number of hydrogen-bond acceptors (Lipinski definition) is 0. The molecule has 10 heavy (non-hydrogen) atoms. The van der Waals surface area contributed by atoms with E-state index in [9.17, 15) is 0 Å². The third kappa shape index (κ3) is 9.46. The van der Waals surface area contributed by atoms with Gasteiger partial charge in [0.25, 0.3) is 0 Å². The van der Waals surface area contributed by atoms with Gasteiger partial charge in [0.15, 0.2) is 0 Å². The molecular formula is C8H18I2. The van der Waals surface area contributed by atoms with Crippen molar-refractivity contribution in [3.8, 4) is 0 Å². The highest BCUT2D eigenvalue weighted by molar-refractivity contribution is 15.0. The average molecular weight is 368 g/mol. The van der Waals surface area contributed by atoms with E-state index in [-0.39, 0.29) is 0 Å². The Labute approximate surface area is 88.9 Å². The van der Waals surface area contributed by atoms with Crippen molar-refractivity contribution in [1.82, 2.24) is 0 Å². The Kier molecular flexibility index (Phi) is 18.3. The molecule has 1 saturated carbocycles. The SMILES string of the molecule is CC.CC1CCCC1.II. The van der Waals surface area contributed by atoms with Crippen molar-refractivity contribution in [3.63, 3.8) is 0 Å². The van der Waals surface area contributed by atoms with Gasteiger partial charge in [0.1, 0.15) is 0 Å². The Bertz CT molecular complexity index is 40.5. The fourth-order valence-electron chi connectivity index (χ4n) is 1.13. The quantitative estimate of drug-likeness (QED) is 0.529. The molecule has 1 fully saturated rings. The molecule has 1 rings (SSSR count). The van der Waals surface area contributed by atoms with Crippen LogP contribution in [0, 0.1) is 5.92 Å². The van der Waals surface area contributed by atoms with Gasteiger partial charge in [-0.1, -0.05) is 46.5 Å². The van der Waals surface area contributed by atoms with Gasteiger partial charge in [0.2, 0.25) is 0 Å². The van der Waals surface area contributed by atoms with E-state index in [0.29, 0.717) is 0 Å². The van der Waals surface area contributed by atoms with Crippen LogP contribution in [0.5, 0.6) is 0 Å². The Balaban J connectivity index is 0. The van der Waals surface area contributed by atoms with Gasteiger partial charge in [-0.15, -0.1) is 0 Å². The van der Waals surface area contributed by atoms with E-state index in [4.69, 9.17) is 0 Å². The molecule has 0 amide bonds. The maximum absolute atomic E-state index is 2.34. The summed E-state index contributed by atoms with van der Waals surface area (Å²) in [6.07, 6.45) is 5.95. The highest BCUT2D eigenvalue weighted by atomic mass is 128. The second-order valence-electron chi connectivity index (χ2n) is 2.39. The van der Waals surface area contributed by atoms with E-state index in [1.54, 1.807) is 0 Å². The van der Waals surface area contributed by atoms with Gasteiger partial charge in [0, 0.05) is 37.2 Å². The van der Waals surface area contributed by atoms with Crippen molar-refractivity contribution < 1.29 is 0 Å². The lowest BCUT2D eigenvalue weighted by Gasteiger charge is -1.91. The van der Waals surface area contributed by atoms with Crippen LogP contribution in [0.25, 0.3) is 0 Å². The minimum Gasteiger partial charge on any atom is -0.0683 e. The third-order valence-corrected chi connectivity index (χ3v) is 1.64. The second kappa shape index (κ2) is 13.1. The van der Waals surface area contributed by atoms with Crippen molar-refractivity contribution >= 4 is 37.2 Å². The lowest BCUT2D eigenvalue weighted by molar-refractivity contribution is 0.612. The van der Waals surface area contributed by atoms with Gasteiger partial charge in [0.05, 0.1) is 0 Å². The molecule has 64 valence electrons. The molecule has 0 N–H and O–H groups in total. The summed E-state index contributed by atoms with van der Waals surface area (Å²) >= 11 is 4.24. The first-order chi connectivity index (χ1) is 4.89. The first-order valence-corrected chi connectivity index (χ1v) is 10.3. The number of rotatable bonds is 0. The minimum atomic E-state index is 1.05. The molecule has 1 aliphatic rings. The minimum absolute atomic E-state index is 1.05. The summed E-state index contributed by atoms with van der Waals surface area (Å²) in [6.45, 7) is 6.34. The highest BCUT2D eigenvalue weighted by Crippen LogP contribution is 2.22. The summed E-state index contributed by atoms with van der Waals surface area (Å²) in [5.74, 6) is 1.05. The predicted octanol–water partition coefficient (Wildman–Crippen LogP) is 4.99. The van der Waals surface area contributed by atoms with E-state index in [0.717, 1.165) is 5.92 Å². The summed E-state index contributed by atoms with van der Waals surface area (Å²) < 4.78 is 0. The van der Waals surface area contributed by atoms with Crippen molar-refractivity contribution in [1.29, 1.82) is 0 Å². The van der Waals surface area contributed by atoms with E-state index >= 15 is 0 Å². The molecule has 0 radical (unpaired) electrons. The first kappa shape index (κ1) is 14.0. The van der Waals surface area contributed by atoms with Gasteiger partial charge in [-0.3, -0.25) is 0 Å². The summed E-state index contributed by atoms with van der Waals surface area (Å²) in [6, 6.07) is 0. The normalized spacial score (nSPS) is 16.5. The van der Waals surface area contributed by atoms with E-state index < -0.39 is 0 Å². The van der Waals surface area contributed by atoms with Gasteiger partial charge < -0.3 is 0 Å². The zero-order valence-corrected chi connectivity index (χ0v) is 11.5. The number of hydrogen-bond donors (Lipinski definition) is 0. The van der Waals surface area contributed by atoms with Crippen LogP contribution in [-0.2, 0) is 0 Å².